The van der Waals surface area contributed by atoms with E-state index in [-0.39, 0.29) is 0 Å². The Morgan fingerprint density at radius 1 is 1.62 bits per heavy atom. The van der Waals surface area contributed by atoms with Gasteiger partial charge in [0.2, 0.25) is 0 Å². The summed E-state index contributed by atoms with van der Waals surface area (Å²) in [6.45, 7) is 4.14. The topological polar surface area (TPSA) is 42.2 Å². The number of nitrogens with zero attached hydrogens (tertiary/aromatic N) is 2. The van der Waals surface area contributed by atoms with Crippen LogP contribution in [-0.2, 0) is 0 Å². The van der Waals surface area contributed by atoms with Gasteiger partial charge in [0.1, 0.15) is 0 Å². The van der Waals surface area contributed by atoms with Gasteiger partial charge in [-0.15, -0.1) is 0 Å². The summed E-state index contributed by atoms with van der Waals surface area (Å²) in [5.74, 6) is 0. The SMILES string of the molecule is Cc1cnccc1N1CCC(N)C1. The molecule has 1 unspecified atom stereocenters. The van der Waals surface area contributed by atoms with Crippen molar-refractivity contribution >= 4 is 5.69 Å². The van der Waals surface area contributed by atoms with E-state index in [0.717, 1.165) is 19.5 Å². The third-order valence-corrected chi connectivity index (χ3v) is 2.56. The van der Waals surface area contributed by atoms with Crippen LogP contribution in [0, 0.1) is 6.92 Å². The van der Waals surface area contributed by atoms with Crippen molar-refractivity contribution in [1.29, 1.82) is 0 Å². The van der Waals surface area contributed by atoms with E-state index >= 15 is 0 Å². The molecular formula is C10H15N3. The van der Waals surface area contributed by atoms with Crippen LogP contribution in [0.4, 0.5) is 5.69 Å². The molecule has 13 heavy (non-hydrogen) atoms. The van der Waals surface area contributed by atoms with Crippen LogP contribution in [0.5, 0.6) is 0 Å². The molecule has 2 heterocycles. The highest BCUT2D eigenvalue weighted by Crippen LogP contribution is 2.22. The normalized spacial score (nSPS) is 22.3. The van der Waals surface area contributed by atoms with Gasteiger partial charge in [0.25, 0.3) is 0 Å². The number of nitrogens with two attached hydrogens (primary N) is 1. The molecule has 1 aromatic heterocycles. The van der Waals surface area contributed by atoms with Gasteiger partial charge in [-0.05, 0) is 25.0 Å². The molecule has 2 rings (SSSR count). The number of aromatic nitrogens is 1. The first kappa shape index (κ1) is 8.51. The number of rotatable bonds is 1. The summed E-state index contributed by atoms with van der Waals surface area (Å²) in [7, 11) is 0. The van der Waals surface area contributed by atoms with Gasteiger partial charge in [0.15, 0.2) is 0 Å². The zero-order valence-electron chi connectivity index (χ0n) is 7.90. The number of hydrogen-bond acceptors (Lipinski definition) is 3. The minimum Gasteiger partial charge on any atom is -0.370 e. The monoisotopic (exact) mass is 177 g/mol. The van der Waals surface area contributed by atoms with Gasteiger partial charge >= 0.3 is 0 Å². The average Bonchev–Trinajstić information content (AvgIpc) is 2.53. The molecule has 0 aromatic carbocycles. The predicted octanol–water partition coefficient (Wildman–Crippen LogP) is 0.927. The van der Waals surface area contributed by atoms with E-state index in [1.54, 1.807) is 0 Å². The summed E-state index contributed by atoms with van der Waals surface area (Å²) in [5, 5.41) is 0. The van der Waals surface area contributed by atoms with Crippen LogP contribution in [0.2, 0.25) is 0 Å². The molecule has 70 valence electrons. The number of aryl methyl sites for hydroxylation is 1. The Morgan fingerprint density at radius 3 is 3.08 bits per heavy atom. The van der Waals surface area contributed by atoms with Crippen LogP contribution in [0.25, 0.3) is 0 Å². The van der Waals surface area contributed by atoms with Gasteiger partial charge in [0, 0.05) is 37.2 Å². The molecule has 0 aliphatic carbocycles. The van der Waals surface area contributed by atoms with Gasteiger partial charge in [-0.25, -0.2) is 0 Å². The third kappa shape index (κ3) is 1.65. The van der Waals surface area contributed by atoms with Crippen molar-refractivity contribution in [3.63, 3.8) is 0 Å². The number of pyridine rings is 1. The molecular weight excluding hydrogens is 162 g/mol. The van der Waals surface area contributed by atoms with Crippen molar-refractivity contribution in [2.45, 2.75) is 19.4 Å². The van der Waals surface area contributed by atoms with Crippen molar-refractivity contribution in [3.8, 4) is 0 Å². The second kappa shape index (κ2) is 3.34. The predicted molar refractivity (Wildman–Crippen MR) is 53.8 cm³/mol. The molecule has 0 amide bonds. The van der Waals surface area contributed by atoms with Crippen molar-refractivity contribution in [3.05, 3.63) is 24.0 Å². The van der Waals surface area contributed by atoms with Crippen molar-refractivity contribution in [1.82, 2.24) is 4.98 Å². The Balaban J connectivity index is 2.21. The average molecular weight is 177 g/mol. The minimum atomic E-state index is 0.340. The quantitative estimate of drug-likeness (QED) is 0.693. The maximum absolute atomic E-state index is 5.86. The summed E-state index contributed by atoms with van der Waals surface area (Å²) >= 11 is 0. The van der Waals surface area contributed by atoms with Crippen LogP contribution < -0.4 is 10.6 Å². The summed E-state index contributed by atoms with van der Waals surface area (Å²) in [6, 6.07) is 2.40. The summed E-state index contributed by atoms with van der Waals surface area (Å²) in [4.78, 5) is 6.41. The van der Waals surface area contributed by atoms with Crippen LogP contribution in [0.3, 0.4) is 0 Å². The molecule has 0 saturated carbocycles. The van der Waals surface area contributed by atoms with Crippen molar-refractivity contribution in [2.24, 2.45) is 5.73 Å². The Bertz CT molecular complexity index is 298. The highest BCUT2D eigenvalue weighted by atomic mass is 15.2. The second-order valence-corrected chi connectivity index (χ2v) is 3.66. The van der Waals surface area contributed by atoms with Crippen LogP contribution in [0.1, 0.15) is 12.0 Å². The Kier molecular flexibility index (Phi) is 2.19. The van der Waals surface area contributed by atoms with E-state index in [4.69, 9.17) is 5.73 Å². The van der Waals surface area contributed by atoms with Crippen molar-refractivity contribution in [2.75, 3.05) is 18.0 Å². The molecule has 3 nitrogen and oxygen atoms in total. The second-order valence-electron chi connectivity index (χ2n) is 3.66. The minimum absolute atomic E-state index is 0.340. The summed E-state index contributed by atoms with van der Waals surface area (Å²) in [6.07, 6.45) is 4.84. The molecule has 0 radical (unpaired) electrons. The molecule has 3 heteroatoms. The van der Waals surface area contributed by atoms with E-state index in [1.165, 1.54) is 11.3 Å². The molecule has 1 atom stereocenters. The Hall–Kier alpha value is -1.09. The summed E-state index contributed by atoms with van der Waals surface area (Å²) < 4.78 is 0. The molecule has 0 spiro atoms. The summed E-state index contributed by atoms with van der Waals surface area (Å²) in [5.41, 5.74) is 8.37. The number of anilines is 1. The molecule has 1 aromatic rings. The lowest BCUT2D eigenvalue weighted by Gasteiger charge is -2.19. The fourth-order valence-corrected chi connectivity index (χ4v) is 1.83. The first-order chi connectivity index (χ1) is 6.27. The lowest BCUT2D eigenvalue weighted by Crippen LogP contribution is -2.26. The maximum atomic E-state index is 5.86. The van der Waals surface area contributed by atoms with Crippen LogP contribution >= 0.6 is 0 Å². The zero-order chi connectivity index (χ0) is 9.26. The molecule has 0 bridgehead atoms. The molecule has 1 aliphatic heterocycles. The highest BCUT2D eigenvalue weighted by Gasteiger charge is 2.19. The number of hydrogen-bond donors (Lipinski definition) is 1. The maximum Gasteiger partial charge on any atom is 0.0427 e. The van der Waals surface area contributed by atoms with Crippen LogP contribution in [-0.4, -0.2) is 24.1 Å². The van der Waals surface area contributed by atoms with E-state index in [0.29, 0.717) is 6.04 Å². The Morgan fingerprint density at radius 2 is 2.46 bits per heavy atom. The zero-order valence-corrected chi connectivity index (χ0v) is 7.90. The van der Waals surface area contributed by atoms with E-state index in [2.05, 4.69) is 22.9 Å². The Labute approximate surface area is 78.6 Å². The van der Waals surface area contributed by atoms with Crippen LogP contribution in [0.15, 0.2) is 18.5 Å². The molecule has 1 fully saturated rings. The fraction of sp³-hybridized carbons (Fsp3) is 0.500. The van der Waals surface area contributed by atoms with Gasteiger partial charge in [-0.3, -0.25) is 4.98 Å². The van der Waals surface area contributed by atoms with E-state index in [1.807, 2.05) is 12.4 Å². The van der Waals surface area contributed by atoms with Gasteiger partial charge in [-0.2, -0.15) is 0 Å². The smallest absolute Gasteiger partial charge is 0.0427 e. The fourth-order valence-electron chi connectivity index (χ4n) is 1.83. The first-order valence-electron chi connectivity index (χ1n) is 4.68. The van der Waals surface area contributed by atoms with Gasteiger partial charge in [0.05, 0.1) is 0 Å². The molecule has 1 saturated heterocycles. The van der Waals surface area contributed by atoms with Gasteiger partial charge < -0.3 is 10.6 Å². The molecule has 1 aliphatic rings. The largest absolute Gasteiger partial charge is 0.370 e. The van der Waals surface area contributed by atoms with E-state index < -0.39 is 0 Å². The third-order valence-electron chi connectivity index (χ3n) is 2.56. The van der Waals surface area contributed by atoms with Gasteiger partial charge in [-0.1, -0.05) is 0 Å². The standard InChI is InChI=1S/C10H15N3/c1-8-6-12-4-2-10(8)13-5-3-9(11)7-13/h2,4,6,9H,3,5,7,11H2,1H3. The first-order valence-corrected chi connectivity index (χ1v) is 4.68. The lowest BCUT2D eigenvalue weighted by atomic mass is 10.2. The van der Waals surface area contributed by atoms with Crippen molar-refractivity contribution < 1.29 is 0 Å². The lowest BCUT2D eigenvalue weighted by molar-refractivity contribution is 0.752. The molecule has 2 N–H and O–H groups in total. The highest BCUT2D eigenvalue weighted by molar-refractivity contribution is 5.52. The van der Waals surface area contributed by atoms with E-state index in [9.17, 15) is 0 Å².